The summed E-state index contributed by atoms with van der Waals surface area (Å²) in [6.07, 6.45) is 1.78. The van der Waals surface area contributed by atoms with Gasteiger partial charge in [0.05, 0.1) is 17.3 Å². The van der Waals surface area contributed by atoms with E-state index in [1.165, 1.54) is 10.1 Å². The fourth-order valence-corrected chi connectivity index (χ4v) is 3.37. The summed E-state index contributed by atoms with van der Waals surface area (Å²) in [6.45, 7) is 2.81. The second-order valence-corrected chi connectivity index (χ2v) is 5.62. The van der Waals surface area contributed by atoms with E-state index >= 15 is 0 Å². The Morgan fingerprint density at radius 1 is 1.24 bits per heavy atom. The molecule has 0 unspecified atom stereocenters. The summed E-state index contributed by atoms with van der Waals surface area (Å²) in [6, 6.07) is 8.41. The first-order valence-electron chi connectivity index (χ1n) is 6.78. The summed E-state index contributed by atoms with van der Waals surface area (Å²) >= 11 is 1.73. The van der Waals surface area contributed by atoms with Crippen LogP contribution in [0.4, 0.5) is 5.95 Å². The fourth-order valence-electron chi connectivity index (χ4n) is 2.46. The number of rotatable bonds is 3. The first kappa shape index (κ1) is 12.3. The molecule has 0 saturated heterocycles. The summed E-state index contributed by atoms with van der Waals surface area (Å²) in [5.41, 5.74) is 2.79. The minimum Gasteiger partial charge on any atom is -0.354 e. The summed E-state index contributed by atoms with van der Waals surface area (Å²) in [4.78, 5) is 9.13. The highest BCUT2D eigenvalue weighted by molar-refractivity contribution is 7.17. The number of benzene rings is 1. The van der Waals surface area contributed by atoms with E-state index in [0.717, 1.165) is 28.8 Å². The molecule has 0 atom stereocenters. The number of hydrogen-bond donors (Lipinski definition) is 2. The maximum atomic E-state index is 4.69. The lowest BCUT2D eigenvalue weighted by Crippen LogP contribution is -2.03. The zero-order chi connectivity index (χ0) is 14.2. The minimum absolute atomic E-state index is 0.623. The molecule has 1 aromatic carbocycles. The molecule has 3 aromatic heterocycles. The third-order valence-electron chi connectivity index (χ3n) is 3.38. The average Bonchev–Trinajstić information content (AvgIpc) is 3.14. The predicted octanol–water partition coefficient (Wildman–Crippen LogP) is 3.67. The summed E-state index contributed by atoms with van der Waals surface area (Å²) in [5.74, 6) is 0.623. The number of anilines is 1. The van der Waals surface area contributed by atoms with E-state index in [1.54, 1.807) is 17.5 Å². The van der Waals surface area contributed by atoms with Crippen LogP contribution in [-0.2, 0) is 0 Å². The minimum atomic E-state index is 0.623. The van der Waals surface area contributed by atoms with Crippen molar-refractivity contribution in [3.63, 3.8) is 0 Å². The number of thiophene rings is 1. The lowest BCUT2D eigenvalue weighted by Gasteiger charge is -2.07. The molecule has 0 spiro atoms. The molecule has 5 nitrogen and oxygen atoms in total. The number of nitrogens with zero attached hydrogens (tertiary/aromatic N) is 3. The number of aromatic nitrogens is 4. The van der Waals surface area contributed by atoms with Gasteiger partial charge in [0.25, 0.3) is 0 Å². The highest BCUT2D eigenvalue weighted by atomic mass is 32.1. The molecule has 0 saturated carbocycles. The Balaban J connectivity index is 2.04. The molecule has 104 valence electrons. The first-order chi connectivity index (χ1) is 10.4. The Kier molecular flexibility index (Phi) is 2.82. The van der Waals surface area contributed by atoms with Gasteiger partial charge in [-0.05, 0) is 23.8 Å². The topological polar surface area (TPSA) is 66.5 Å². The largest absolute Gasteiger partial charge is 0.354 e. The van der Waals surface area contributed by atoms with Gasteiger partial charge in [0.2, 0.25) is 5.95 Å². The van der Waals surface area contributed by atoms with Crippen LogP contribution < -0.4 is 5.32 Å². The first-order valence-corrected chi connectivity index (χ1v) is 7.66. The second kappa shape index (κ2) is 4.82. The molecule has 3 heterocycles. The lowest BCUT2D eigenvalue weighted by molar-refractivity contribution is 1.07. The molecule has 0 bridgehead atoms. The van der Waals surface area contributed by atoms with E-state index in [4.69, 9.17) is 0 Å². The van der Waals surface area contributed by atoms with Crippen LogP contribution in [0.1, 0.15) is 6.92 Å². The average molecular weight is 295 g/mol. The van der Waals surface area contributed by atoms with Crippen LogP contribution in [0.15, 0.2) is 35.8 Å². The van der Waals surface area contributed by atoms with Crippen molar-refractivity contribution in [3.05, 3.63) is 35.8 Å². The van der Waals surface area contributed by atoms with E-state index in [9.17, 15) is 0 Å². The smallest absolute Gasteiger partial charge is 0.225 e. The molecule has 0 radical (unpaired) electrons. The molecule has 0 aliphatic heterocycles. The maximum Gasteiger partial charge on any atom is 0.225 e. The Morgan fingerprint density at radius 2 is 2.19 bits per heavy atom. The second-order valence-electron chi connectivity index (χ2n) is 4.70. The molecule has 0 aliphatic carbocycles. The van der Waals surface area contributed by atoms with Crippen LogP contribution in [0.3, 0.4) is 0 Å². The number of aromatic amines is 1. The van der Waals surface area contributed by atoms with Crippen molar-refractivity contribution < 1.29 is 0 Å². The molecule has 21 heavy (non-hydrogen) atoms. The van der Waals surface area contributed by atoms with Crippen LogP contribution in [0.2, 0.25) is 0 Å². The Morgan fingerprint density at radius 3 is 3.10 bits per heavy atom. The third-order valence-corrected chi connectivity index (χ3v) is 4.34. The third kappa shape index (κ3) is 1.95. The highest BCUT2D eigenvalue weighted by Gasteiger charge is 2.14. The van der Waals surface area contributed by atoms with Crippen molar-refractivity contribution in [1.29, 1.82) is 0 Å². The van der Waals surface area contributed by atoms with Crippen LogP contribution in [0.25, 0.3) is 32.4 Å². The van der Waals surface area contributed by atoms with Gasteiger partial charge in [-0.1, -0.05) is 18.2 Å². The van der Waals surface area contributed by atoms with Gasteiger partial charge in [-0.15, -0.1) is 11.3 Å². The van der Waals surface area contributed by atoms with Crippen molar-refractivity contribution in [2.45, 2.75) is 6.92 Å². The number of nitrogens with one attached hydrogen (secondary N) is 2. The van der Waals surface area contributed by atoms with E-state index in [1.807, 2.05) is 6.92 Å². The van der Waals surface area contributed by atoms with Gasteiger partial charge in [0.15, 0.2) is 5.65 Å². The fraction of sp³-hybridized carbons (Fsp3) is 0.133. The molecular formula is C15H13N5S. The number of hydrogen-bond acceptors (Lipinski definition) is 5. The van der Waals surface area contributed by atoms with E-state index < -0.39 is 0 Å². The van der Waals surface area contributed by atoms with Gasteiger partial charge in [-0.25, -0.2) is 4.98 Å². The van der Waals surface area contributed by atoms with Crippen molar-refractivity contribution >= 4 is 38.4 Å². The number of fused-ring (bicyclic) bond motifs is 2. The molecule has 4 aromatic rings. The quantitative estimate of drug-likeness (QED) is 0.605. The Hall–Kier alpha value is -2.47. The van der Waals surface area contributed by atoms with E-state index in [-0.39, 0.29) is 0 Å². The SMILES string of the molecule is CCNc1nc(-c2cccc3ccsc23)c2cn[nH]c2n1. The van der Waals surface area contributed by atoms with Gasteiger partial charge in [-0.3, -0.25) is 5.10 Å². The van der Waals surface area contributed by atoms with Gasteiger partial charge in [0.1, 0.15) is 0 Å². The van der Waals surface area contributed by atoms with Crippen molar-refractivity contribution in [2.24, 2.45) is 0 Å². The van der Waals surface area contributed by atoms with Crippen LogP contribution in [0.5, 0.6) is 0 Å². The molecule has 0 fully saturated rings. The summed E-state index contributed by atoms with van der Waals surface area (Å²) in [5, 5.41) is 14.5. The van der Waals surface area contributed by atoms with Gasteiger partial charge in [0, 0.05) is 16.8 Å². The number of H-pyrrole nitrogens is 1. The van der Waals surface area contributed by atoms with Crippen LogP contribution >= 0.6 is 11.3 Å². The standard InChI is InChI=1S/C15H13N5S/c1-2-16-15-18-12(11-8-17-20-14(11)19-15)10-5-3-4-9-6-7-21-13(9)10/h3-8H,2H2,1H3,(H2,16,17,18,19,20). The van der Waals surface area contributed by atoms with Crippen LogP contribution in [-0.4, -0.2) is 26.7 Å². The Labute approximate surface area is 125 Å². The van der Waals surface area contributed by atoms with Crippen molar-refractivity contribution in [3.8, 4) is 11.3 Å². The van der Waals surface area contributed by atoms with Gasteiger partial charge >= 0.3 is 0 Å². The molecule has 4 rings (SSSR count). The van der Waals surface area contributed by atoms with E-state index in [0.29, 0.717) is 5.95 Å². The highest BCUT2D eigenvalue weighted by Crippen LogP contribution is 2.34. The van der Waals surface area contributed by atoms with Gasteiger partial charge < -0.3 is 5.32 Å². The summed E-state index contributed by atoms with van der Waals surface area (Å²) in [7, 11) is 0. The molecule has 0 amide bonds. The van der Waals surface area contributed by atoms with E-state index in [2.05, 4.69) is 55.1 Å². The van der Waals surface area contributed by atoms with Crippen molar-refractivity contribution in [2.75, 3.05) is 11.9 Å². The van der Waals surface area contributed by atoms with Crippen LogP contribution in [0, 0.1) is 0 Å². The zero-order valence-electron chi connectivity index (χ0n) is 11.4. The zero-order valence-corrected chi connectivity index (χ0v) is 12.2. The monoisotopic (exact) mass is 295 g/mol. The predicted molar refractivity (Wildman–Crippen MR) is 86.7 cm³/mol. The van der Waals surface area contributed by atoms with Gasteiger partial charge in [-0.2, -0.15) is 10.1 Å². The van der Waals surface area contributed by atoms with Crippen molar-refractivity contribution in [1.82, 2.24) is 20.2 Å². The summed E-state index contributed by atoms with van der Waals surface area (Å²) < 4.78 is 1.24. The molecular weight excluding hydrogens is 282 g/mol. The molecule has 6 heteroatoms. The molecule has 2 N–H and O–H groups in total. The molecule has 0 aliphatic rings. The lowest BCUT2D eigenvalue weighted by atomic mass is 10.1. The normalized spacial score (nSPS) is 11.3. The Bertz CT molecular complexity index is 924. The maximum absolute atomic E-state index is 4.69.